The highest BCUT2D eigenvalue weighted by Gasteiger charge is 2.27. The molecule has 2 unspecified atom stereocenters. The Kier molecular flexibility index (Phi) is 4.08. The third-order valence-electron chi connectivity index (χ3n) is 4.24. The second kappa shape index (κ2) is 6.00. The molecule has 4 nitrogen and oxygen atoms in total. The molecule has 1 fully saturated rings. The minimum Gasteiger partial charge on any atom is -0.380 e. The van der Waals surface area contributed by atoms with Gasteiger partial charge in [-0.05, 0) is 23.5 Å². The number of rotatable bonds is 4. The van der Waals surface area contributed by atoms with E-state index in [9.17, 15) is 0 Å². The van der Waals surface area contributed by atoms with E-state index in [2.05, 4.69) is 53.4 Å². The van der Waals surface area contributed by atoms with Gasteiger partial charge in [0.05, 0.1) is 24.0 Å². The fourth-order valence-corrected chi connectivity index (χ4v) is 2.80. The Morgan fingerprint density at radius 1 is 1.24 bits per heavy atom. The number of benzene rings is 1. The lowest BCUT2D eigenvalue weighted by atomic mass is 10.0. The van der Waals surface area contributed by atoms with Crippen molar-refractivity contribution in [2.24, 2.45) is 0 Å². The second-order valence-corrected chi connectivity index (χ2v) is 6.01. The number of nitrogens with zero attached hydrogens (tertiary/aromatic N) is 1. The Morgan fingerprint density at radius 2 is 2.00 bits per heavy atom. The fraction of sp³-hybridized carbons (Fsp3) is 0.471. The molecule has 2 N–H and O–H groups in total. The van der Waals surface area contributed by atoms with E-state index in [1.54, 1.807) is 7.11 Å². The van der Waals surface area contributed by atoms with E-state index in [1.165, 1.54) is 11.1 Å². The quantitative estimate of drug-likeness (QED) is 0.906. The first-order valence-electron chi connectivity index (χ1n) is 7.58. The molecule has 0 radical (unpaired) electrons. The molecule has 1 aliphatic rings. The lowest BCUT2D eigenvalue weighted by Crippen LogP contribution is -2.16. The first-order valence-corrected chi connectivity index (χ1v) is 7.58. The zero-order valence-electron chi connectivity index (χ0n) is 12.9. The van der Waals surface area contributed by atoms with E-state index in [0.717, 1.165) is 24.5 Å². The summed E-state index contributed by atoms with van der Waals surface area (Å²) in [5.41, 5.74) is 3.61. The van der Waals surface area contributed by atoms with Gasteiger partial charge in [0.25, 0.3) is 0 Å². The van der Waals surface area contributed by atoms with Gasteiger partial charge in [-0.2, -0.15) is 0 Å². The third kappa shape index (κ3) is 3.01. The average Bonchev–Trinajstić information content (AvgIpc) is 3.16. The summed E-state index contributed by atoms with van der Waals surface area (Å²) in [6, 6.07) is 8.96. The molecular formula is C17H23N3O. The third-order valence-corrected chi connectivity index (χ3v) is 4.24. The molecule has 0 spiro atoms. The Balaban J connectivity index is 1.75. The Morgan fingerprint density at radius 3 is 2.62 bits per heavy atom. The van der Waals surface area contributed by atoms with Gasteiger partial charge in [0.15, 0.2) is 0 Å². The van der Waals surface area contributed by atoms with Crippen LogP contribution in [0.15, 0.2) is 30.5 Å². The summed E-state index contributed by atoms with van der Waals surface area (Å²) in [4.78, 5) is 7.96. The van der Waals surface area contributed by atoms with Gasteiger partial charge in [-0.3, -0.25) is 0 Å². The summed E-state index contributed by atoms with van der Waals surface area (Å²) in [6.07, 6.45) is 3.17. The highest BCUT2D eigenvalue weighted by Crippen LogP contribution is 2.26. The first-order chi connectivity index (χ1) is 10.2. The van der Waals surface area contributed by atoms with Crippen LogP contribution in [0.2, 0.25) is 0 Å². The molecule has 4 heteroatoms. The number of nitrogens with one attached hydrogen (secondary N) is 2. The molecule has 0 amide bonds. The topological polar surface area (TPSA) is 49.9 Å². The molecule has 1 aromatic heterocycles. The Hall–Kier alpha value is -1.65. The number of aromatic nitrogens is 2. The minimum absolute atomic E-state index is 0.263. The van der Waals surface area contributed by atoms with Gasteiger partial charge in [-0.1, -0.05) is 38.1 Å². The summed E-state index contributed by atoms with van der Waals surface area (Å²) in [7, 11) is 1.76. The van der Waals surface area contributed by atoms with Crippen LogP contribution in [0.4, 0.5) is 0 Å². The maximum atomic E-state index is 5.39. The van der Waals surface area contributed by atoms with Gasteiger partial charge in [0.1, 0.15) is 5.82 Å². The van der Waals surface area contributed by atoms with E-state index >= 15 is 0 Å². The highest BCUT2D eigenvalue weighted by molar-refractivity contribution is 5.59. The van der Waals surface area contributed by atoms with Crippen LogP contribution in [0, 0.1) is 0 Å². The van der Waals surface area contributed by atoms with Gasteiger partial charge in [-0.25, -0.2) is 4.98 Å². The van der Waals surface area contributed by atoms with Crippen LogP contribution < -0.4 is 5.32 Å². The molecule has 1 saturated heterocycles. The van der Waals surface area contributed by atoms with Crippen LogP contribution >= 0.6 is 0 Å². The number of hydrogen-bond acceptors (Lipinski definition) is 3. The summed E-state index contributed by atoms with van der Waals surface area (Å²) in [5.74, 6) is 1.56. The Bertz CT molecular complexity index is 588. The van der Waals surface area contributed by atoms with Gasteiger partial charge in [0.2, 0.25) is 0 Å². The number of aromatic amines is 1. The van der Waals surface area contributed by atoms with Crippen molar-refractivity contribution in [2.45, 2.75) is 38.3 Å². The monoisotopic (exact) mass is 285 g/mol. The van der Waals surface area contributed by atoms with E-state index in [-0.39, 0.29) is 12.1 Å². The standard InChI is InChI=1S/C17H23N3O/c1-11(2)12-4-6-13(7-5-12)16-10-19-17(20-16)15-8-14(21-3)9-18-15/h4-7,10-11,14-15,18H,8-9H2,1-3H3,(H,19,20). The van der Waals surface area contributed by atoms with E-state index in [1.807, 2.05) is 6.20 Å². The summed E-state index contributed by atoms with van der Waals surface area (Å²) in [5, 5.41) is 3.44. The molecule has 1 aliphatic heterocycles. The number of methoxy groups -OCH3 is 1. The van der Waals surface area contributed by atoms with Gasteiger partial charge >= 0.3 is 0 Å². The van der Waals surface area contributed by atoms with E-state index in [4.69, 9.17) is 4.74 Å². The molecule has 0 aliphatic carbocycles. The SMILES string of the molecule is COC1CNC(c2ncc(-c3ccc(C(C)C)cc3)[nH]2)C1. The van der Waals surface area contributed by atoms with Crippen molar-refractivity contribution in [3.05, 3.63) is 41.9 Å². The zero-order valence-corrected chi connectivity index (χ0v) is 12.9. The van der Waals surface area contributed by atoms with Crippen molar-refractivity contribution in [3.8, 4) is 11.3 Å². The number of imidazole rings is 1. The van der Waals surface area contributed by atoms with Crippen LogP contribution in [-0.4, -0.2) is 29.7 Å². The second-order valence-electron chi connectivity index (χ2n) is 6.01. The Labute approximate surface area is 125 Å². The predicted octanol–water partition coefficient (Wildman–Crippen LogP) is 3.25. The maximum absolute atomic E-state index is 5.39. The predicted molar refractivity (Wildman–Crippen MR) is 84.3 cm³/mol. The number of H-pyrrole nitrogens is 1. The van der Waals surface area contributed by atoms with Gasteiger partial charge < -0.3 is 15.0 Å². The lowest BCUT2D eigenvalue weighted by Gasteiger charge is -2.07. The zero-order chi connectivity index (χ0) is 14.8. The van der Waals surface area contributed by atoms with Crippen molar-refractivity contribution in [3.63, 3.8) is 0 Å². The molecule has 3 rings (SSSR count). The largest absolute Gasteiger partial charge is 0.380 e. The highest BCUT2D eigenvalue weighted by atomic mass is 16.5. The van der Waals surface area contributed by atoms with Crippen molar-refractivity contribution >= 4 is 0 Å². The smallest absolute Gasteiger partial charge is 0.123 e. The molecule has 21 heavy (non-hydrogen) atoms. The van der Waals surface area contributed by atoms with Crippen molar-refractivity contribution in [1.29, 1.82) is 0 Å². The van der Waals surface area contributed by atoms with Crippen molar-refractivity contribution in [2.75, 3.05) is 13.7 Å². The van der Waals surface area contributed by atoms with Crippen molar-refractivity contribution < 1.29 is 4.74 Å². The minimum atomic E-state index is 0.263. The molecule has 0 saturated carbocycles. The number of ether oxygens (including phenoxy) is 1. The van der Waals surface area contributed by atoms with Gasteiger partial charge in [0, 0.05) is 13.7 Å². The lowest BCUT2D eigenvalue weighted by molar-refractivity contribution is 0.117. The van der Waals surface area contributed by atoms with E-state index in [0.29, 0.717) is 5.92 Å². The molecule has 1 aromatic carbocycles. The molecule has 0 bridgehead atoms. The molecule has 2 heterocycles. The van der Waals surface area contributed by atoms with Crippen molar-refractivity contribution in [1.82, 2.24) is 15.3 Å². The van der Waals surface area contributed by atoms with Crippen LogP contribution in [-0.2, 0) is 4.74 Å². The van der Waals surface area contributed by atoms with E-state index < -0.39 is 0 Å². The first kappa shape index (κ1) is 14.3. The summed E-state index contributed by atoms with van der Waals surface area (Å²) in [6.45, 7) is 5.31. The summed E-state index contributed by atoms with van der Waals surface area (Å²) >= 11 is 0. The van der Waals surface area contributed by atoms with Crippen LogP contribution in [0.25, 0.3) is 11.3 Å². The summed E-state index contributed by atoms with van der Waals surface area (Å²) < 4.78 is 5.39. The molecule has 2 atom stereocenters. The van der Waals surface area contributed by atoms with Crippen LogP contribution in [0.1, 0.15) is 43.6 Å². The maximum Gasteiger partial charge on any atom is 0.123 e. The molecule has 112 valence electrons. The van der Waals surface area contributed by atoms with Crippen LogP contribution in [0.5, 0.6) is 0 Å². The van der Waals surface area contributed by atoms with Gasteiger partial charge in [-0.15, -0.1) is 0 Å². The molecule has 2 aromatic rings. The normalized spacial score (nSPS) is 22.1. The number of hydrogen-bond donors (Lipinski definition) is 2. The average molecular weight is 285 g/mol. The van der Waals surface area contributed by atoms with Crippen LogP contribution in [0.3, 0.4) is 0 Å². The fourth-order valence-electron chi connectivity index (χ4n) is 2.80. The molecular weight excluding hydrogens is 262 g/mol.